The minimum atomic E-state index is -0.217. The molecule has 116 valence electrons. The van der Waals surface area contributed by atoms with Gasteiger partial charge in [0.25, 0.3) is 5.91 Å². The Kier molecular flexibility index (Phi) is 3.43. The van der Waals surface area contributed by atoms with Gasteiger partial charge in [-0.15, -0.1) is 11.3 Å². The van der Waals surface area contributed by atoms with Crippen molar-refractivity contribution in [1.29, 1.82) is 0 Å². The fourth-order valence-corrected chi connectivity index (χ4v) is 2.94. The molecule has 1 N–H and O–H groups in total. The van der Waals surface area contributed by atoms with Crippen molar-refractivity contribution >= 4 is 17.2 Å². The molecule has 2 aromatic heterocycles. The average molecular weight is 328 g/mol. The number of nitrogens with one attached hydrogen (secondary N) is 1. The maximum absolute atomic E-state index is 12.2. The highest BCUT2D eigenvalue weighted by molar-refractivity contribution is 7.12. The van der Waals surface area contributed by atoms with Gasteiger partial charge < -0.3 is 14.8 Å². The quantitative estimate of drug-likeness (QED) is 0.792. The van der Waals surface area contributed by atoms with Gasteiger partial charge in [-0.25, -0.2) is 9.97 Å². The third-order valence-corrected chi connectivity index (χ3v) is 4.19. The summed E-state index contributed by atoms with van der Waals surface area (Å²) in [4.78, 5) is 20.5. The number of hydrogen-bond donors (Lipinski definition) is 1. The molecule has 0 radical (unpaired) electrons. The summed E-state index contributed by atoms with van der Waals surface area (Å²) in [7, 11) is 0. The second-order valence-electron chi connectivity index (χ2n) is 4.86. The van der Waals surface area contributed by atoms with Crippen molar-refractivity contribution in [3.05, 3.63) is 53.6 Å². The van der Waals surface area contributed by atoms with Crippen LogP contribution in [0, 0.1) is 0 Å². The molecule has 0 unspecified atom stereocenters. The van der Waals surface area contributed by atoms with Crippen LogP contribution in [0.3, 0.4) is 0 Å². The number of carbonyl (C=O) groups excluding carboxylic acids is 1. The molecule has 0 spiro atoms. The molecule has 0 bridgehead atoms. The molecule has 7 nitrogen and oxygen atoms in total. The Morgan fingerprint density at radius 2 is 2.26 bits per heavy atom. The van der Waals surface area contributed by atoms with Crippen LogP contribution in [-0.2, 0) is 6.54 Å². The van der Waals surface area contributed by atoms with Crippen LogP contribution in [0.1, 0.15) is 16.1 Å². The Balaban J connectivity index is 1.42. The average Bonchev–Trinajstić information content (AvgIpc) is 3.32. The summed E-state index contributed by atoms with van der Waals surface area (Å²) in [6.45, 7) is 0.633. The van der Waals surface area contributed by atoms with Crippen molar-refractivity contribution in [2.75, 3.05) is 6.79 Å². The maximum Gasteiger partial charge on any atom is 0.271 e. The minimum Gasteiger partial charge on any atom is -0.454 e. The van der Waals surface area contributed by atoms with Crippen LogP contribution in [-0.4, -0.2) is 27.2 Å². The zero-order valence-electron chi connectivity index (χ0n) is 11.9. The zero-order chi connectivity index (χ0) is 15.6. The first kappa shape index (κ1) is 13.8. The van der Waals surface area contributed by atoms with E-state index in [-0.39, 0.29) is 12.7 Å². The lowest BCUT2D eigenvalue weighted by molar-refractivity contribution is 0.0946. The molecule has 3 heterocycles. The minimum absolute atomic E-state index is 0.217. The van der Waals surface area contributed by atoms with Crippen LogP contribution >= 0.6 is 11.3 Å². The van der Waals surface area contributed by atoms with E-state index in [9.17, 15) is 4.79 Å². The number of hydrogen-bond acceptors (Lipinski definition) is 6. The van der Waals surface area contributed by atoms with Gasteiger partial charge in [0.1, 0.15) is 12.0 Å². The number of ether oxygens (including phenoxy) is 2. The maximum atomic E-state index is 12.2. The van der Waals surface area contributed by atoms with Gasteiger partial charge in [-0.05, 0) is 17.7 Å². The summed E-state index contributed by atoms with van der Waals surface area (Å²) in [6.07, 6.45) is 5.10. The first-order valence-electron chi connectivity index (χ1n) is 6.90. The molecule has 8 heteroatoms. The van der Waals surface area contributed by atoms with E-state index in [0.717, 1.165) is 11.3 Å². The van der Waals surface area contributed by atoms with Crippen molar-refractivity contribution in [1.82, 2.24) is 19.9 Å². The lowest BCUT2D eigenvalue weighted by Gasteiger charge is -2.04. The third-order valence-electron chi connectivity index (χ3n) is 3.34. The number of benzene rings is 1. The highest BCUT2D eigenvalue weighted by Gasteiger charge is 2.15. The molecular weight excluding hydrogens is 316 g/mol. The standard InChI is InChI=1S/C15H12N4O3S/c20-14(11-7-23-15(18-11)19-4-3-16-8-19)17-6-10-1-2-12-13(5-10)22-9-21-12/h1-5,7-8H,6,9H2,(H,17,20). The van der Waals surface area contributed by atoms with Crippen molar-refractivity contribution in [3.63, 3.8) is 0 Å². The molecule has 0 fully saturated rings. The van der Waals surface area contributed by atoms with E-state index in [4.69, 9.17) is 9.47 Å². The second kappa shape index (κ2) is 5.73. The van der Waals surface area contributed by atoms with Gasteiger partial charge >= 0.3 is 0 Å². The number of imidazole rings is 1. The predicted molar refractivity (Wildman–Crippen MR) is 83.0 cm³/mol. The summed E-state index contributed by atoms with van der Waals surface area (Å²) in [5, 5.41) is 5.28. The van der Waals surface area contributed by atoms with Crippen molar-refractivity contribution in [2.45, 2.75) is 6.54 Å². The zero-order valence-corrected chi connectivity index (χ0v) is 12.7. The van der Waals surface area contributed by atoms with Gasteiger partial charge in [-0.1, -0.05) is 6.07 Å². The Hall–Kier alpha value is -2.87. The normalized spacial score (nSPS) is 12.3. The summed E-state index contributed by atoms with van der Waals surface area (Å²) in [5.41, 5.74) is 1.33. The number of amides is 1. The molecule has 0 atom stereocenters. The third kappa shape index (κ3) is 2.76. The smallest absolute Gasteiger partial charge is 0.271 e. The summed E-state index contributed by atoms with van der Waals surface area (Å²) < 4.78 is 12.3. The van der Waals surface area contributed by atoms with Crippen LogP contribution in [0.4, 0.5) is 0 Å². The number of aromatic nitrogens is 3. The fourth-order valence-electron chi connectivity index (χ4n) is 2.18. The number of carbonyl (C=O) groups is 1. The number of fused-ring (bicyclic) bond motifs is 1. The van der Waals surface area contributed by atoms with E-state index >= 15 is 0 Å². The monoisotopic (exact) mass is 328 g/mol. The molecule has 1 aliphatic rings. The molecule has 1 aromatic carbocycles. The van der Waals surface area contributed by atoms with Crippen LogP contribution in [0.2, 0.25) is 0 Å². The highest BCUT2D eigenvalue weighted by atomic mass is 32.1. The number of nitrogens with zero attached hydrogens (tertiary/aromatic N) is 3. The second-order valence-corrected chi connectivity index (χ2v) is 5.69. The number of thiazole rings is 1. The molecule has 0 saturated carbocycles. The topological polar surface area (TPSA) is 78.3 Å². The molecule has 0 aliphatic carbocycles. The van der Waals surface area contributed by atoms with Gasteiger partial charge in [-0.3, -0.25) is 9.36 Å². The van der Waals surface area contributed by atoms with E-state index in [2.05, 4.69) is 15.3 Å². The van der Waals surface area contributed by atoms with Gasteiger partial charge in [-0.2, -0.15) is 0 Å². The first-order valence-corrected chi connectivity index (χ1v) is 7.78. The Labute approximate surface area is 135 Å². The largest absolute Gasteiger partial charge is 0.454 e. The van der Waals surface area contributed by atoms with Crippen molar-refractivity contribution in [2.24, 2.45) is 0 Å². The SMILES string of the molecule is O=C(NCc1ccc2c(c1)OCO2)c1csc(-n2ccnc2)n1. The Bertz CT molecular complexity index is 844. The van der Waals surface area contributed by atoms with E-state index < -0.39 is 0 Å². The lowest BCUT2D eigenvalue weighted by Crippen LogP contribution is -2.23. The summed E-state index contributed by atoms with van der Waals surface area (Å²) in [6, 6.07) is 5.59. The lowest BCUT2D eigenvalue weighted by atomic mass is 10.2. The molecule has 4 rings (SSSR count). The molecule has 1 amide bonds. The van der Waals surface area contributed by atoms with Gasteiger partial charge in [0, 0.05) is 24.3 Å². The Morgan fingerprint density at radius 3 is 3.13 bits per heavy atom. The highest BCUT2D eigenvalue weighted by Crippen LogP contribution is 2.32. The van der Waals surface area contributed by atoms with Gasteiger partial charge in [0.2, 0.25) is 6.79 Å². The first-order chi connectivity index (χ1) is 11.3. The van der Waals surface area contributed by atoms with E-state index in [1.54, 1.807) is 28.7 Å². The molecule has 0 saturated heterocycles. The van der Waals surface area contributed by atoms with Crippen LogP contribution in [0.15, 0.2) is 42.3 Å². The van der Waals surface area contributed by atoms with E-state index in [1.807, 2.05) is 18.2 Å². The Morgan fingerprint density at radius 1 is 1.35 bits per heavy atom. The van der Waals surface area contributed by atoms with Crippen molar-refractivity contribution in [3.8, 4) is 16.6 Å². The molecule has 1 aliphatic heterocycles. The number of rotatable bonds is 4. The van der Waals surface area contributed by atoms with E-state index in [0.29, 0.717) is 23.1 Å². The van der Waals surface area contributed by atoms with Crippen LogP contribution in [0.25, 0.3) is 5.13 Å². The summed E-state index contributed by atoms with van der Waals surface area (Å²) in [5.74, 6) is 1.21. The van der Waals surface area contributed by atoms with Gasteiger partial charge in [0.05, 0.1) is 0 Å². The molecule has 23 heavy (non-hydrogen) atoms. The van der Waals surface area contributed by atoms with Gasteiger partial charge in [0.15, 0.2) is 16.6 Å². The molecule has 3 aromatic rings. The van der Waals surface area contributed by atoms with Crippen LogP contribution < -0.4 is 14.8 Å². The van der Waals surface area contributed by atoms with Crippen molar-refractivity contribution < 1.29 is 14.3 Å². The summed E-state index contributed by atoms with van der Waals surface area (Å²) >= 11 is 1.39. The van der Waals surface area contributed by atoms with Crippen LogP contribution in [0.5, 0.6) is 11.5 Å². The van der Waals surface area contributed by atoms with E-state index in [1.165, 1.54) is 11.3 Å². The predicted octanol–water partition coefficient (Wildman–Crippen LogP) is 1.99. The fraction of sp³-hybridized carbons (Fsp3) is 0.133. The molecular formula is C15H12N4O3S.